The van der Waals surface area contributed by atoms with E-state index in [4.69, 9.17) is 16.0 Å². The largest absolute Gasteiger partial charge is 0.369 e. The summed E-state index contributed by atoms with van der Waals surface area (Å²) in [6, 6.07) is 0. The lowest BCUT2D eigenvalue weighted by molar-refractivity contribution is -0.129. The highest BCUT2D eigenvalue weighted by Gasteiger charge is 2.47. The number of hydrogen-bond acceptors (Lipinski definition) is 4. The minimum Gasteiger partial charge on any atom is -0.369 e. The molecular weight excluding hydrogens is 280 g/mol. The third-order valence-electron chi connectivity index (χ3n) is 4.07. The number of primary amides is 1. The maximum absolute atomic E-state index is 10.9. The van der Waals surface area contributed by atoms with Crippen molar-refractivity contribution in [3.8, 4) is 0 Å². The molecule has 0 aliphatic heterocycles. The van der Waals surface area contributed by atoms with Crippen molar-refractivity contribution in [1.82, 2.24) is 0 Å². The monoisotopic (exact) mass is 306 g/mol. The van der Waals surface area contributed by atoms with Crippen LogP contribution in [0.4, 0.5) is 0 Å². The Kier molecular flexibility index (Phi) is 5.97. The van der Waals surface area contributed by atoms with Crippen LogP contribution in [0.25, 0.3) is 0 Å². The van der Waals surface area contributed by atoms with Crippen LogP contribution in [0.5, 0.6) is 0 Å². The van der Waals surface area contributed by atoms with Gasteiger partial charge in [0.2, 0.25) is 5.91 Å². The van der Waals surface area contributed by atoms with Crippen molar-refractivity contribution in [2.24, 2.45) is 28.7 Å². The zero-order valence-corrected chi connectivity index (χ0v) is 12.9. The van der Waals surface area contributed by atoms with Crippen molar-refractivity contribution < 1.29 is 17.8 Å². The summed E-state index contributed by atoms with van der Waals surface area (Å²) in [6.45, 7) is 2.42. The smallest absolute Gasteiger partial charge is 0.264 e. The lowest BCUT2D eigenvalue weighted by Crippen LogP contribution is -2.48. The second kappa shape index (κ2) is 6.87. The van der Waals surface area contributed by atoms with Crippen molar-refractivity contribution >= 4 is 16.0 Å². The van der Waals surface area contributed by atoms with E-state index < -0.39 is 10.1 Å². The molecule has 0 spiro atoms. The highest BCUT2D eigenvalue weighted by atomic mass is 32.2. The van der Waals surface area contributed by atoms with Gasteiger partial charge in [0.25, 0.3) is 10.1 Å². The Bertz CT molecular complexity index is 426. The predicted octanol–water partition coefficient (Wildman–Crippen LogP) is 0.911. The Labute approximate surface area is 121 Å². The van der Waals surface area contributed by atoms with Gasteiger partial charge in [0.05, 0.1) is 5.75 Å². The van der Waals surface area contributed by atoms with Crippen LogP contribution in [-0.4, -0.2) is 31.2 Å². The second-order valence-corrected chi connectivity index (χ2v) is 7.72. The fourth-order valence-corrected chi connectivity index (χ4v) is 3.31. The molecule has 2 rings (SSSR count). The second-order valence-electron chi connectivity index (χ2n) is 6.15. The van der Waals surface area contributed by atoms with E-state index in [9.17, 15) is 13.2 Å². The summed E-state index contributed by atoms with van der Waals surface area (Å²) in [5.41, 5.74) is 11.3. The van der Waals surface area contributed by atoms with E-state index in [0.717, 1.165) is 25.3 Å². The minimum absolute atomic E-state index is 0.113. The molecule has 5 N–H and O–H groups in total. The Balaban J connectivity index is 0.000000246. The van der Waals surface area contributed by atoms with E-state index in [0.29, 0.717) is 6.42 Å². The first kappa shape index (κ1) is 17.4. The van der Waals surface area contributed by atoms with Crippen molar-refractivity contribution in [1.29, 1.82) is 0 Å². The lowest BCUT2D eigenvalue weighted by atomic mass is 9.59. The van der Waals surface area contributed by atoms with E-state index in [1.807, 2.05) is 0 Å². The molecule has 0 heterocycles. The van der Waals surface area contributed by atoms with Gasteiger partial charge in [0.1, 0.15) is 0 Å². The van der Waals surface area contributed by atoms with Gasteiger partial charge in [0, 0.05) is 5.92 Å². The first-order chi connectivity index (χ1) is 9.21. The van der Waals surface area contributed by atoms with Crippen LogP contribution in [0.1, 0.15) is 45.4 Å². The van der Waals surface area contributed by atoms with Gasteiger partial charge >= 0.3 is 0 Å². The average molecular weight is 306 g/mol. The zero-order valence-electron chi connectivity index (χ0n) is 12.0. The molecule has 2 fully saturated rings. The van der Waals surface area contributed by atoms with E-state index in [2.05, 4.69) is 0 Å². The Morgan fingerprint density at radius 3 is 2.15 bits per heavy atom. The van der Waals surface area contributed by atoms with Gasteiger partial charge in [-0.2, -0.15) is 8.42 Å². The van der Waals surface area contributed by atoms with Gasteiger partial charge in [0.15, 0.2) is 0 Å². The summed E-state index contributed by atoms with van der Waals surface area (Å²) in [5.74, 6) is 0.743. The number of carbonyl (C=O) groups is 1. The Hall–Kier alpha value is -0.660. The van der Waals surface area contributed by atoms with Crippen LogP contribution in [0.15, 0.2) is 0 Å². The summed E-state index contributed by atoms with van der Waals surface area (Å²) >= 11 is 0. The van der Waals surface area contributed by atoms with Crippen LogP contribution in [-0.2, 0) is 14.9 Å². The van der Waals surface area contributed by atoms with Crippen LogP contribution < -0.4 is 11.5 Å². The number of nitrogens with two attached hydrogens (primary N) is 2. The van der Waals surface area contributed by atoms with Crippen LogP contribution in [0.2, 0.25) is 0 Å². The molecule has 7 heteroatoms. The molecule has 118 valence electrons. The fourth-order valence-electron chi connectivity index (χ4n) is 2.80. The topological polar surface area (TPSA) is 123 Å². The molecule has 0 aromatic heterocycles. The fraction of sp³-hybridized carbons (Fsp3) is 0.923. The normalized spacial score (nSPS) is 29.1. The van der Waals surface area contributed by atoms with Crippen LogP contribution in [0.3, 0.4) is 0 Å². The number of carbonyl (C=O) groups excluding carboxylic acids is 1. The quantitative estimate of drug-likeness (QED) is 0.629. The zero-order chi connectivity index (χ0) is 15.4. The van der Waals surface area contributed by atoms with Crippen molar-refractivity contribution in [2.45, 2.75) is 45.4 Å². The lowest BCUT2D eigenvalue weighted by Gasteiger charge is -2.46. The molecule has 2 saturated carbocycles. The first-order valence-electron chi connectivity index (χ1n) is 7.16. The predicted molar refractivity (Wildman–Crippen MR) is 77.5 cm³/mol. The Morgan fingerprint density at radius 2 is 1.90 bits per heavy atom. The molecule has 0 atom stereocenters. The van der Waals surface area contributed by atoms with E-state index in [-0.39, 0.29) is 23.0 Å². The molecule has 0 saturated heterocycles. The van der Waals surface area contributed by atoms with Gasteiger partial charge in [-0.25, -0.2) is 0 Å². The molecule has 2 aliphatic carbocycles. The molecule has 1 amide bonds. The summed E-state index contributed by atoms with van der Waals surface area (Å²) in [5, 5.41) is 0. The standard InChI is InChI=1S/C10H18N2O.C3H8O3S/c11-6-10(3-7-1-2-7)4-8(5-10)9(12)13;1-2-3-7(4,5)6/h7-8H,1-6,11H2,(H2,12,13);2-3H2,1H3,(H,4,5,6). The molecule has 6 nitrogen and oxygen atoms in total. The Morgan fingerprint density at radius 1 is 1.35 bits per heavy atom. The van der Waals surface area contributed by atoms with Gasteiger partial charge in [-0.05, 0) is 43.6 Å². The third-order valence-corrected chi connectivity index (χ3v) is 5.00. The molecule has 0 radical (unpaired) electrons. The molecular formula is C13H26N2O4S. The van der Waals surface area contributed by atoms with E-state index >= 15 is 0 Å². The van der Waals surface area contributed by atoms with Crippen molar-refractivity contribution in [3.63, 3.8) is 0 Å². The van der Waals surface area contributed by atoms with Gasteiger partial charge < -0.3 is 11.5 Å². The minimum atomic E-state index is -3.67. The van der Waals surface area contributed by atoms with Crippen LogP contribution in [0, 0.1) is 17.3 Å². The first-order valence-corrected chi connectivity index (χ1v) is 8.77. The maximum Gasteiger partial charge on any atom is 0.264 e. The number of hydrogen-bond donors (Lipinski definition) is 3. The third kappa shape index (κ3) is 5.76. The van der Waals surface area contributed by atoms with Crippen molar-refractivity contribution in [3.05, 3.63) is 0 Å². The molecule has 0 aromatic rings. The van der Waals surface area contributed by atoms with Gasteiger partial charge in [-0.1, -0.05) is 19.8 Å². The molecule has 0 bridgehead atoms. The summed E-state index contributed by atoms with van der Waals surface area (Å²) in [4.78, 5) is 10.9. The average Bonchev–Trinajstić information content (AvgIpc) is 3.05. The van der Waals surface area contributed by atoms with Crippen LogP contribution >= 0.6 is 0 Å². The molecule has 0 unspecified atom stereocenters. The number of rotatable bonds is 6. The van der Waals surface area contributed by atoms with Crippen molar-refractivity contribution in [2.75, 3.05) is 12.3 Å². The number of amides is 1. The van der Waals surface area contributed by atoms with Gasteiger partial charge in [-0.3, -0.25) is 9.35 Å². The highest BCUT2D eigenvalue weighted by Crippen LogP contribution is 2.53. The van der Waals surface area contributed by atoms with Gasteiger partial charge in [-0.15, -0.1) is 0 Å². The van der Waals surface area contributed by atoms with E-state index in [1.54, 1.807) is 6.92 Å². The summed E-state index contributed by atoms with van der Waals surface area (Å²) in [7, 11) is -3.67. The summed E-state index contributed by atoms with van der Waals surface area (Å²) in [6.07, 6.45) is 6.31. The van der Waals surface area contributed by atoms with E-state index in [1.165, 1.54) is 19.3 Å². The molecule has 20 heavy (non-hydrogen) atoms. The SMILES string of the molecule is CCCS(=O)(=O)O.NCC1(CC2CC2)CC(C(N)=O)C1. The molecule has 2 aliphatic rings. The summed E-state index contributed by atoms with van der Waals surface area (Å²) < 4.78 is 27.6. The highest BCUT2D eigenvalue weighted by molar-refractivity contribution is 7.85. The maximum atomic E-state index is 10.9. The molecule has 0 aromatic carbocycles.